The van der Waals surface area contributed by atoms with Crippen molar-refractivity contribution in [1.82, 2.24) is 29.9 Å². The number of ketones is 2. The molecule has 26 nitrogen and oxygen atoms in total. The molecule has 0 bridgehead atoms. The number of benzene rings is 2. The summed E-state index contributed by atoms with van der Waals surface area (Å²) in [6.45, 7) is -0.751. The van der Waals surface area contributed by atoms with E-state index in [4.69, 9.17) is 10.5 Å². The average molecular weight is 909 g/mol. The lowest BCUT2D eigenvalue weighted by atomic mass is 10.1. The van der Waals surface area contributed by atoms with Gasteiger partial charge in [-0.15, -0.1) is 8.67 Å². The summed E-state index contributed by atoms with van der Waals surface area (Å²) in [6, 6.07) is 12.5. The van der Waals surface area contributed by atoms with Crippen LogP contribution in [0.5, 0.6) is 0 Å². The Balaban J connectivity index is 1.54. The molecule has 0 unspecified atom stereocenters. The number of nitrogens with one attached hydrogen (secondary N) is 2. The summed E-state index contributed by atoms with van der Waals surface area (Å²) in [5.74, 6) is -4.50. The van der Waals surface area contributed by atoms with Crippen LogP contribution in [0.4, 0.5) is 47.1 Å². The number of rotatable bonds is 20. The number of aromatic nitrogens is 6. The van der Waals surface area contributed by atoms with Gasteiger partial charge in [-0.05, 0) is 24.3 Å². The number of hydrogen-bond donors (Lipinski definition) is 6. The number of hydrogen-bond acceptors (Lipinski definition) is 26. The zero-order valence-corrected chi connectivity index (χ0v) is 33.3. The third kappa shape index (κ3) is 10.9. The van der Waals surface area contributed by atoms with Crippen molar-refractivity contribution in [3.8, 4) is 0 Å². The average Bonchev–Trinajstić information content (AvgIpc) is 3.66. The Morgan fingerprint density at radius 2 is 1.03 bits per heavy atom. The van der Waals surface area contributed by atoms with Gasteiger partial charge in [0, 0.05) is 60.7 Å². The lowest BCUT2D eigenvalue weighted by Crippen LogP contribution is -2.28. The van der Waals surface area contributed by atoms with Crippen molar-refractivity contribution in [3.63, 3.8) is 0 Å². The van der Waals surface area contributed by atoms with Gasteiger partial charge in [0.25, 0.3) is 32.1 Å². The van der Waals surface area contributed by atoms with Gasteiger partial charge in [0.1, 0.15) is 11.4 Å². The maximum atomic E-state index is 14.6. The highest BCUT2D eigenvalue weighted by molar-refractivity contribution is 7.95. The summed E-state index contributed by atoms with van der Waals surface area (Å²) >= 11 is 1.28. The summed E-state index contributed by atoms with van der Waals surface area (Å²) in [7, 11) is -8.84. The fraction of sp³-hybridized carbons (Fsp3) is 0.200. The maximum Gasteiger partial charge on any atom is 0.266 e. The molecule has 0 radical (unpaired) electrons. The quantitative estimate of drug-likeness (QED) is 0.0141. The minimum atomic E-state index is -4.42. The molecule has 30 heteroatoms. The second kappa shape index (κ2) is 19.6. The molecule has 316 valence electrons. The molecule has 2 aromatic heterocycles. The minimum absolute atomic E-state index is 0.00344. The Morgan fingerprint density at radius 3 is 1.42 bits per heavy atom. The van der Waals surface area contributed by atoms with Gasteiger partial charge in [0.05, 0.1) is 34.4 Å². The molecule has 6 N–H and O–H groups in total. The molecule has 0 fully saturated rings. The smallest absolute Gasteiger partial charge is 0.266 e. The standard InChI is InChI=1S/C30H28N12O14S4/c43-23-17-5-1-3-7-19(17)41(29-37-25(31-9-13-57-55-53-45)35-27(39-29)33-11-15-59(47,48)49)21(23)22-24(44)18-6-2-4-8-20(18)42(22)30-38-26(32-10-14-58-56-54-46)36-28(40-30)34-12-16-60(50,51)52/h1-10,45-46H,11-16H2,(H,47,48,49)(H,50,51,52)(H,33,35,37,39)(H,34,36,38,40)/b22-21+,31-9?,32-10?. The molecule has 60 heavy (non-hydrogen) atoms. The van der Waals surface area contributed by atoms with E-state index in [9.17, 15) is 35.5 Å². The van der Waals surface area contributed by atoms with Gasteiger partial charge in [-0.25, -0.2) is 20.5 Å². The van der Waals surface area contributed by atoms with Crippen LogP contribution < -0.4 is 20.4 Å². The molecular formula is C30H28N12O14S4. The van der Waals surface area contributed by atoms with E-state index in [1.54, 1.807) is 36.4 Å². The van der Waals surface area contributed by atoms with Gasteiger partial charge in [0.2, 0.25) is 35.4 Å². The molecule has 0 atom stereocenters. The molecule has 6 rings (SSSR count). The van der Waals surface area contributed by atoms with E-state index in [1.165, 1.54) is 34.4 Å². The van der Waals surface area contributed by atoms with Crippen LogP contribution in [0.25, 0.3) is 0 Å². The van der Waals surface area contributed by atoms with Crippen molar-refractivity contribution in [2.75, 3.05) is 56.5 Å². The van der Waals surface area contributed by atoms with Crippen LogP contribution >= 0.6 is 24.1 Å². The Bertz CT molecular complexity index is 2410. The molecule has 4 heterocycles. The molecule has 2 aliphatic heterocycles. The number of aliphatic imine (C=N–C) groups is 2. The first kappa shape index (κ1) is 43.9. The normalized spacial score (nSPS) is 15.4. The van der Waals surface area contributed by atoms with E-state index in [1.807, 2.05) is 0 Å². The second-order valence-electron chi connectivity index (χ2n) is 11.5. The van der Waals surface area contributed by atoms with E-state index in [-0.39, 0.29) is 94.2 Å². The Kier molecular flexibility index (Phi) is 14.4. The van der Waals surface area contributed by atoms with E-state index in [0.29, 0.717) is 24.1 Å². The first-order valence-corrected chi connectivity index (χ1v) is 21.6. The number of anilines is 6. The molecule has 2 aliphatic rings. The zero-order valence-electron chi connectivity index (χ0n) is 30.0. The van der Waals surface area contributed by atoms with Crippen LogP contribution in [0.3, 0.4) is 0 Å². The van der Waals surface area contributed by atoms with Crippen LogP contribution in [-0.4, -0.2) is 126 Å². The number of para-hydroxylation sites is 2. The van der Waals surface area contributed by atoms with Crippen LogP contribution in [0.1, 0.15) is 20.7 Å². The SMILES string of the molecule is O=C1/C(=C2/C(=O)c3ccccc3N2c2nc(N=CCSOOO)nc(NCCS(=O)(=O)O)n2)N(c2nc(N=CCSOOO)nc(NCCS(=O)(=O)O)n2)c2ccccc21. The highest BCUT2D eigenvalue weighted by Gasteiger charge is 2.46. The number of carbonyl (C=O) groups is 2. The van der Waals surface area contributed by atoms with Crippen LogP contribution in [0.15, 0.2) is 69.9 Å². The number of fused-ring (bicyclic) bond motifs is 2. The van der Waals surface area contributed by atoms with Crippen LogP contribution in [0.2, 0.25) is 0 Å². The maximum absolute atomic E-state index is 14.6. The van der Waals surface area contributed by atoms with E-state index >= 15 is 0 Å². The number of Topliss-reactive ketones (excluding diaryl/α,β-unsaturated/α-hetero) is 2. The zero-order chi connectivity index (χ0) is 42.9. The van der Waals surface area contributed by atoms with Gasteiger partial charge in [-0.2, -0.15) is 46.7 Å². The molecule has 0 saturated carbocycles. The second-order valence-corrected chi connectivity index (χ2v) is 16.0. The fourth-order valence-electron chi connectivity index (χ4n) is 5.42. The highest BCUT2D eigenvalue weighted by atomic mass is 32.2. The van der Waals surface area contributed by atoms with Gasteiger partial charge in [-0.1, -0.05) is 34.3 Å². The predicted octanol–water partition coefficient (Wildman–Crippen LogP) is 2.78. The van der Waals surface area contributed by atoms with Crippen molar-refractivity contribution in [2.45, 2.75) is 0 Å². The first-order valence-electron chi connectivity index (χ1n) is 16.5. The number of nitrogens with zero attached hydrogens (tertiary/aromatic N) is 10. The predicted molar refractivity (Wildman–Crippen MR) is 213 cm³/mol. The summed E-state index contributed by atoms with van der Waals surface area (Å²) in [5.41, 5.74) is -0.0168. The molecule has 0 spiro atoms. The van der Waals surface area contributed by atoms with E-state index < -0.39 is 43.3 Å². The summed E-state index contributed by atoms with van der Waals surface area (Å²) in [6.07, 6.45) is 2.53. The monoisotopic (exact) mass is 908 g/mol. The summed E-state index contributed by atoms with van der Waals surface area (Å²) in [5, 5.41) is 29.3. The summed E-state index contributed by atoms with van der Waals surface area (Å²) in [4.78, 5) is 66.1. The van der Waals surface area contributed by atoms with Crippen molar-refractivity contribution in [3.05, 3.63) is 71.1 Å². The topological polar surface area (TPSA) is 353 Å². The molecule has 0 saturated heterocycles. The molecular weight excluding hydrogens is 881 g/mol. The van der Waals surface area contributed by atoms with Gasteiger partial charge in [0.15, 0.2) is 0 Å². The Morgan fingerprint density at radius 1 is 0.633 bits per heavy atom. The van der Waals surface area contributed by atoms with E-state index in [0.717, 1.165) is 0 Å². The molecule has 0 amide bonds. The molecule has 2 aromatic carbocycles. The number of carbonyl (C=O) groups excluding carboxylic acids is 2. The van der Waals surface area contributed by atoms with Gasteiger partial charge < -0.3 is 10.6 Å². The third-order valence-corrected chi connectivity index (χ3v) is 9.97. The van der Waals surface area contributed by atoms with E-state index in [2.05, 4.69) is 69.3 Å². The molecule has 4 aromatic rings. The largest absolute Gasteiger partial charge is 0.353 e. The Hall–Kier alpha value is -5.64. The Labute approximate surface area is 346 Å². The van der Waals surface area contributed by atoms with Gasteiger partial charge in [-0.3, -0.25) is 28.5 Å². The lowest BCUT2D eigenvalue weighted by Gasteiger charge is -2.24. The number of allylic oxidation sites excluding steroid dienone is 2. The van der Waals surface area contributed by atoms with Crippen LogP contribution in [-0.2, 0) is 39.0 Å². The summed E-state index contributed by atoms with van der Waals surface area (Å²) < 4.78 is 73.2. The fourth-order valence-corrected chi connectivity index (χ4v) is 6.61. The van der Waals surface area contributed by atoms with Crippen molar-refractivity contribution < 1.29 is 64.8 Å². The van der Waals surface area contributed by atoms with Crippen molar-refractivity contribution >= 4 is 115 Å². The molecule has 0 aliphatic carbocycles. The van der Waals surface area contributed by atoms with Crippen molar-refractivity contribution in [1.29, 1.82) is 0 Å². The lowest BCUT2D eigenvalue weighted by molar-refractivity contribution is -0.432. The minimum Gasteiger partial charge on any atom is -0.353 e. The highest BCUT2D eigenvalue weighted by Crippen LogP contribution is 2.47. The van der Waals surface area contributed by atoms with Crippen LogP contribution in [0, 0.1) is 0 Å². The first-order chi connectivity index (χ1) is 28.8. The third-order valence-electron chi connectivity index (χ3n) is 7.65. The van der Waals surface area contributed by atoms with Crippen molar-refractivity contribution in [2.24, 2.45) is 9.98 Å². The van der Waals surface area contributed by atoms with Gasteiger partial charge >= 0.3 is 0 Å².